The van der Waals surface area contributed by atoms with Crippen LogP contribution in [0.15, 0.2) is 28.7 Å². The zero-order chi connectivity index (χ0) is 13.8. The third kappa shape index (κ3) is 3.74. The van der Waals surface area contributed by atoms with Crippen LogP contribution in [-0.4, -0.2) is 22.3 Å². The van der Waals surface area contributed by atoms with E-state index < -0.39 is 5.97 Å². The van der Waals surface area contributed by atoms with E-state index in [0.717, 1.165) is 9.26 Å². The van der Waals surface area contributed by atoms with Crippen molar-refractivity contribution in [1.29, 1.82) is 0 Å². The number of carboxylic acids is 1. The predicted molar refractivity (Wildman–Crippen MR) is 84.2 cm³/mol. The molecule has 0 bridgehead atoms. The maximum atomic E-state index is 11.1. The molecule has 0 atom stereocenters. The normalized spacial score (nSPS) is 10.8. The number of hydrogen-bond acceptors (Lipinski definition) is 5. The summed E-state index contributed by atoms with van der Waals surface area (Å²) >= 11 is 3.52. The molecule has 1 aromatic carbocycles. The fourth-order valence-corrected chi connectivity index (χ4v) is 2.52. The standard InChI is InChI=1S/C12H10IN3O2S/c1-7-6-19-12(15-7)16-14-5-8-2-3-9(13)4-10(8)11(17)18/h2-6H,1H3,(H,15,16)(H,17,18). The van der Waals surface area contributed by atoms with Gasteiger partial charge in [0, 0.05) is 14.5 Å². The van der Waals surface area contributed by atoms with Crippen LogP contribution in [0, 0.1) is 10.5 Å². The van der Waals surface area contributed by atoms with Gasteiger partial charge >= 0.3 is 5.97 Å². The van der Waals surface area contributed by atoms with E-state index in [1.807, 2.05) is 18.4 Å². The summed E-state index contributed by atoms with van der Waals surface area (Å²) in [4.78, 5) is 15.3. The van der Waals surface area contributed by atoms with Gasteiger partial charge in [0.15, 0.2) is 0 Å². The van der Waals surface area contributed by atoms with Gasteiger partial charge in [-0.05, 0) is 41.6 Å². The largest absolute Gasteiger partial charge is 0.478 e. The van der Waals surface area contributed by atoms with E-state index in [9.17, 15) is 4.79 Å². The van der Waals surface area contributed by atoms with Crippen molar-refractivity contribution in [2.24, 2.45) is 5.10 Å². The summed E-state index contributed by atoms with van der Waals surface area (Å²) in [5.74, 6) is -0.968. The summed E-state index contributed by atoms with van der Waals surface area (Å²) in [5.41, 5.74) is 4.48. The molecular formula is C12H10IN3O2S. The smallest absolute Gasteiger partial charge is 0.336 e. The lowest BCUT2D eigenvalue weighted by molar-refractivity contribution is 0.0696. The number of aromatic nitrogens is 1. The summed E-state index contributed by atoms with van der Waals surface area (Å²) in [6, 6.07) is 5.17. The minimum atomic E-state index is -0.968. The molecule has 0 aliphatic heterocycles. The van der Waals surface area contributed by atoms with Crippen molar-refractivity contribution in [3.05, 3.63) is 44.0 Å². The topological polar surface area (TPSA) is 74.6 Å². The van der Waals surface area contributed by atoms with E-state index >= 15 is 0 Å². The number of nitrogens with zero attached hydrogens (tertiary/aromatic N) is 2. The fraction of sp³-hybridized carbons (Fsp3) is 0.0833. The van der Waals surface area contributed by atoms with E-state index in [2.05, 4.69) is 38.1 Å². The summed E-state index contributed by atoms with van der Waals surface area (Å²) in [7, 11) is 0. The van der Waals surface area contributed by atoms with Crippen molar-refractivity contribution in [1.82, 2.24) is 4.98 Å². The highest BCUT2D eigenvalue weighted by molar-refractivity contribution is 14.1. The Hall–Kier alpha value is -1.48. The first kappa shape index (κ1) is 13.9. The van der Waals surface area contributed by atoms with Crippen LogP contribution in [0.4, 0.5) is 5.13 Å². The number of aromatic carboxylic acids is 1. The zero-order valence-electron chi connectivity index (χ0n) is 9.92. The number of thiazole rings is 1. The Balaban J connectivity index is 2.16. The summed E-state index contributed by atoms with van der Waals surface area (Å²) < 4.78 is 0.871. The molecule has 0 aliphatic rings. The molecule has 0 aliphatic carbocycles. The number of halogens is 1. The first-order valence-corrected chi connectivity index (χ1v) is 7.26. The molecule has 0 amide bonds. The van der Waals surface area contributed by atoms with Crippen LogP contribution in [0.25, 0.3) is 0 Å². The summed E-state index contributed by atoms with van der Waals surface area (Å²) in [5, 5.41) is 15.7. The van der Waals surface area contributed by atoms with E-state index in [-0.39, 0.29) is 5.56 Å². The Bertz CT molecular complexity index is 640. The molecule has 7 heteroatoms. The summed E-state index contributed by atoms with van der Waals surface area (Å²) in [6.45, 7) is 1.90. The van der Waals surface area contributed by atoms with Gasteiger partial charge in [-0.25, -0.2) is 9.78 Å². The zero-order valence-corrected chi connectivity index (χ0v) is 12.9. The van der Waals surface area contributed by atoms with E-state index in [0.29, 0.717) is 10.7 Å². The number of aryl methyl sites for hydroxylation is 1. The number of benzene rings is 1. The molecule has 2 rings (SSSR count). The van der Waals surface area contributed by atoms with Gasteiger partial charge in [0.2, 0.25) is 5.13 Å². The molecule has 1 aromatic heterocycles. The number of hydrazone groups is 1. The van der Waals surface area contributed by atoms with Crippen molar-refractivity contribution in [2.45, 2.75) is 6.92 Å². The van der Waals surface area contributed by atoms with Crippen LogP contribution in [-0.2, 0) is 0 Å². The van der Waals surface area contributed by atoms with Crippen LogP contribution in [0.1, 0.15) is 21.6 Å². The quantitative estimate of drug-likeness (QED) is 0.480. The summed E-state index contributed by atoms with van der Waals surface area (Å²) in [6.07, 6.45) is 1.48. The van der Waals surface area contributed by atoms with Crippen LogP contribution in [0.2, 0.25) is 0 Å². The fourth-order valence-electron chi connectivity index (χ4n) is 1.39. The second kappa shape index (κ2) is 6.11. The molecule has 1 heterocycles. The highest BCUT2D eigenvalue weighted by Crippen LogP contribution is 2.15. The highest BCUT2D eigenvalue weighted by Gasteiger charge is 2.08. The van der Waals surface area contributed by atoms with Crippen LogP contribution in [0.3, 0.4) is 0 Å². The molecule has 2 aromatic rings. The average Bonchev–Trinajstić information content (AvgIpc) is 2.77. The molecule has 0 radical (unpaired) electrons. The minimum Gasteiger partial charge on any atom is -0.478 e. The predicted octanol–water partition coefficient (Wildman–Crippen LogP) is 3.20. The molecule has 5 nitrogen and oxygen atoms in total. The van der Waals surface area contributed by atoms with E-state index in [4.69, 9.17) is 5.11 Å². The van der Waals surface area contributed by atoms with Gasteiger partial charge in [-0.3, -0.25) is 5.43 Å². The molecule has 0 saturated carbocycles. The van der Waals surface area contributed by atoms with Gasteiger partial charge in [0.05, 0.1) is 17.5 Å². The van der Waals surface area contributed by atoms with Crippen LogP contribution >= 0.6 is 33.9 Å². The lowest BCUT2D eigenvalue weighted by atomic mass is 10.1. The van der Waals surface area contributed by atoms with E-state index in [1.165, 1.54) is 17.6 Å². The average molecular weight is 387 g/mol. The van der Waals surface area contributed by atoms with Gasteiger partial charge < -0.3 is 5.11 Å². The maximum absolute atomic E-state index is 11.1. The van der Waals surface area contributed by atoms with Gasteiger partial charge in [0.1, 0.15) is 0 Å². The number of carboxylic acid groups (broad SMARTS) is 1. The number of nitrogens with one attached hydrogen (secondary N) is 1. The number of rotatable bonds is 4. The number of anilines is 1. The monoisotopic (exact) mass is 387 g/mol. The Kier molecular flexibility index (Phi) is 4.48. The van der Waals surface area contributed by atoms with Crippen LogP contribution < -0.4 is 5.43 Å². The van der Waals surface area contributed by atoms with Crippen LogP contribution in [0.5, 0.6) is 0 Å². The van der Waals surface area contributed by atoms with Crippen molar-refractivity contribution < 1.29 is 9.90 Å². The van der Waals surface area contributed by atoms with Crippen molar-refractivity contribution in [2.75, 3.05) is 5.43 Å². The third-order valence-corrected chi connectivity index (χ3v) is 3.76. The highest BCUT2D eigenvalue weighted by atomic mass is 127. The molecular weight excluding hydrogens is 377 g/mol. The molecule has 19 heavy (non-hydrogen) atoms. The lowest BCUT2D eigenvalue weighted by Crippen LogP contribution is -2.03. The Morgan fingerprint density at radius 2 is 2.37 bits per heavy atom. The Morgan fingerprint density at radius 3 is 3.00 bits per heavy atom. The lowest BCUT2D eigenvalue weighted by Gasteiger charge is -2.01. The molecule has 0 fully saturated rings. The second-order valence-electron chi connectivity index (χ2n) is 3.70. The molecule has 0 unspecified atom stereocenters. The molecule has 0 saturated heterocycles. The molecule has 0 spiro atoms. The first-order valence-electron chi connectivity index (χ1n) is 5.30. The number of carbonyl (C=O) groups is 1. The Labute approximate surface area is 127 Å². The first-order chi connectivity index (χ1) is 9.06. The minimum absolute atomic E-state index is 0.229. The molecule has 2 N–H and O–H groups in total. The SMILES string of the molecule is Cc1csc(NN=Cc2ccc(I)cc2C(=O)O)n1. The van der Waals surface area contributed by atoms with Gasteiger partial charge in [-0.15, -0.1) is 11.3 Å². The Morgan fingerprint density at radius 1 is 1.58 bits per heavy atom. The van der Waals surface area contributed by atoms with Crippen molar-refractivity contribution in [3.63, 3.8) is 0 Å². The van der Waals surface area contributed by atoms with Gasteiger partial charge in [-0.1, -0.05) is 6.07 Å². The number of hydrogen-bond donors (Lipinski definition) is 2. The van der Waals surface area contributed by atoms with Crippen molar-refractivity contribution in [3.8, 4) is 0 Å². The van der Waals surface area contributed by atoms with Gasteiger partial charge in [-0.2, -0.15) is 5.10 Å². The van der Waals surface area contributed by atoms with Gasteiger partial charge in [0.25, 0.3) is 0 Å². The third-order valence-electron chi connectivity index (χ3n) is 2.23. The van der Waals surface area contributed by atoms with E-state index in [1.54, 1.807) is 12.1 Å². The molecule has 98 valence electrons. The maximum Gasteiger partial charge on any atom is 0.336 e. The van der Waals surface area contributed by atoms with Crippen molar-refractivity contribution >= 4 is 51.2 Å². The second-order valence-corrected chi connectivity index (χ2v) is 5.80.